The number of thiophene rings is 1. The Bertz CT molecular complexity index is 2140. The molecule has 0 bridgehead atoms. The van der Waals surface area contributed by atoms with Crippen LogP contribution in [0.2, 0.25) is 5.02 Å². The first-order valence-corrected chi connectivity index (χ1v) is 15.9. The Kier molecular flexibility index (Phi) is 7.61. The molecule has 0 atom stereocenters. The number of furan rings is 1. The second-order valence-electron chi connectivity index (χ2n) is 8.84. The summed E-state index contributed by atoms with van der Waals surface area (Å²) in [5, 5.41) is 12.2. The van der Waals surface area contributed by atoms with Gasteiger partial charge < -0.3 is 4.42 Å². The van der Waals surface area contributed by atoms with Gasteiger partial charge in [0.25, 0.3) is 21.0 Å². The van der Waals surface area contributed by atoms with Gasteiger partial charge in [0, 0.05) is 32.8 Å². The van der Waals surface area contributed by atoms with E-state index in [1.807, 2.05) is 0 Å². The van der Waals surface area contributed by atoms with Crippen molar-refractivity contribution in [3.8, 4) is 0 Å². The number of H-pyrrole nitrogens is 2. The van der Waals surface area contributed by atoms with E-state index >= 15 is 0 Å². The molecule has 0 fully saturated rings. The van der Waals surface area contributed by atoms with Gasteiger partial charge in [-0.05, 0) is 73.3 Å². The molecule has 0 spiro atoms. The Hall–Kier alpha value is -4.18. The van der Waals surface area contributed by atoms with Gasteiger partial charge in [0.05, 0.1) is 0 Å². The van der Waals surface area contributed by atoms with Gasteiger partial charge in [-0.15, -0.1) is 11.3 Å². The topological polar surface area (TPSA) is 173 Å². The third-order valence-electron chi connectivity index (χ3n) is 6.05. The number of fused-ring (bicyclic) bond motifs is 2. The molecule has 2 N–H and O–H groups in total. The number of rotatable bonds is 4. The van der Waals surface area contributed by atoms with E-state index in [4.69, 9.17) is 16.0 Å². The van der Waals surface area contributed by atoms with Gasteiger partial charge in [0.15, 0.2) is 10.1 Å². The van der Waals surface area contributed by atoms with Gasteiger partial charge in [-0.25, -0.2) is 31.4 Å². The van der Waals surface area contributed by atoms with Crippen LogP contribution < -0.4 is 11.1 Å². The number of hydrogen-bond acceptors (Lipinski definition) is 10. The number of benzene rings is 2. The van der Waals surface area contributed by atoms with Crippen LogP contribution in [0.1, 0.15) is 11.1 Å². The van der Waals surface area contributed by atoms with Gasteiger partial charge in [0.1, 0.15) is 15.6 Å². The summed E-state index contributed by atoms with van der Waals surface area (Å²) in [4.78, 5) is 22.0. The summed E-state index contributed by atoms with van der Waals surface area (Å²) in [6.07, 6.45) is 0. The van der Waals surface area contributed by atoms with E-state index in [0.29, 0.717) is 16.0 Å². The number of nitrogens with one attached hydrogen (secondary N) is 2. The van der Waals surface area contributed by atoms with E-state index in [9.17, 15) is 30.8 Å². The standard InChI is InChI=1S/C13H9ClN2O3S2.C13H9FN2O4S/c2*1-7-9-6-8(14)2-3-10(9)20-13(7)21(18,19)12-5-4-11(17)15-16-12/h2*2-6H,1H3,(H,15,17). The van der Waals surface area contributed by atoms with Gasteiger partial charge in [0.2, 0.25) is 14.9 Å². The summed E-state index contributed by atoms with van der Waals surface area (Å²) in [7, 11) is -7.80. The number of halogens is 2. The molecule has 6 aromatic rings. The molecule has 6 rings (SSSR count). The number of nitrogens with zero attached hydrogens (tertiary/aromatic N) is 2. The lowest BCUT2D eigenvalue weighted by Gasteiger charge is -2.01. The van der Waals surface area contributed by atoms with Gasteiger partial charge in [-0.2, -0.15) is 10.2 Å². The predicted molar refractivity (Wildman–Crippen MR) is 153 cm³/mol. The molecule has 16 heteroatoms. The molecule has 216 valence electrons. The molecule has 2 aromatic carbocycles. The maximum atomic E-state index is 13.2. The highest BCUT2D eigenvalue weighted by atomic mass is 35.5. The lowest BCUT2D eigenvalue weighted by molar-refractivity contribution is 0.475. The highest BCUT2D eigenvalue weighted by Gasteiger charge is 2.28. The van der Waals surface area contributed by atoms with Crippen molar-refractivity contribution in [1.82, 2.24) is 20.4 Å². The SMILES string of the molecule is Cc1c(S(=O)(=O)c2ccc(=O)[nH]n2)oc2ccc(F)cc12.Cc1c(S(=O)(=O)c2ccc(=O)[nH]n2)sc2ccc(Cl)cc12. The number of aromatic nitrogens is 4. The highest BCUT2D eigenvalue weighted by Crippen LogP contribution is 2.37. The largest absolute Gasteiger partial charge is 0.444 e. The van der Waals surface area contributed by atoms with Crippen LogP contribution in [-0.2, 0) is 19.7 Å². The van der Waals surface area contributed by atoms with E-state index in [-0.39, 0.29) is 30.5 Å². The minimum absolute atomic E-state index is 0.178. The predicted octanol–water partition coefficient (Wildman–Crippen LogP) is 4.58. The lowest BCUT2D eigenvalue weighted by atomic mass is 10.2. The van der Waals surface area contributed by atoms with Gasteiger partial charge in [-0.3, -0.25) is 9.59 Å². The second kappa shape index (κ2) is 10.9. The van der Waals surface area contributed by atoms with Crippen molar-refractivity contribution in [3.63, 3.8) is 0 Å². The van der Waals surface area contributed by atoms with Crippen LogP contribution in [-0.4, -0.2) is 37.2 Å². The average molecular weight is 649 g/mol. The molecule has 4 aromatic heterocycles. The van der Waals surface area contributed by atoms with Crippen molar-refractivity contribution >= 4 is 63.7 Å². The summed E-state index contributed by atoms with van der Waals surface area (Å²) in [5.74, 6) is -0.488. The molecule has 42 heavy (non-hydrogen) atoms. The van der Waals surface area contributed by atoms with E-state index in [1.165, 1.54) is 31.2 Å². The zero-order valence-electron chi connectivity index (χ0n) is 21.5. The third kappa shape index (κ3) is 5.38. The molecule has 0 saturated heterocycles. The molecule has 11 nitrogen and oxygen atoms in total. The molecule has 0 saturated carbocycles. The maximum absolute atomic E-state index is 13.2. The van der Waals surface area contributed by atoms with E-state index in [2.05, 4.69) is 20.4 Å². The number of aromatic amines is 2. The van der Waals surface area contributed by atoms with Gasteiger partial charge >= 0.3 is 0 Å². The maximum Gasteiger partial charge on any atom is 0.264 e. The quantitative estimate of drug-likeness (QED) is 0.277. The first-order valence-electron chi connectivity index (χ1n) is 11.8. The molecule has 0 unspecified atom stereocenters. The van der Waals surface area contributed by atoms with E-state index in [1.54, 1.807) is 25.1 Å². The zero-order valence-corrected chi connectivity index (χ0v) is 24.7. The van der Waals surface area contributed by atoms with Crippen LogP contribution in [0.25, 0.3) is 21.1 Å². The molecule has 4 heterocycles. The van der Waals surface area contributed by atoms with Crippen molar-refractivity contribution in [2.75, 3.05) is 0 Å². The van der Waals surface area contributed by atoms with E-state index in [0.717, 1.165) is 39.6 Å². The fourth-order valence-corrected chi connectivity index (χ4v) is 8.50. The molecular weight excluding hydrogens is 631 g/mol. The Balaban J connectivity index is 0.000000168. The minimum Gasteiger partial charge on any atom is -0.444 e. The van der Waals surface area contributed by atoms with E-state index < -0.39 is 36.6 Å². The fraction of sp³-hybridized carbons (Fsp3) is 0.0769. The lowest BCUT2D eigenvalue weighted by Crippen LogP contribution is -2.12. The van der Waals surface area contributed by atoms with Crippen LogP contribution in [0, 0.1) is 19.7 Å². The minimum atomic E-state index is -4.03. The Morgan fingerprint density at radius 2 is 1.40 bits per heavy atom. The third-order valence-corrected chi connectivity index (χ3v) is 11.5. The van der Waals surface area contributed by atoms with Crippen LogP contribution in [0.4, 0.5) is 4.39 Å². The normalized spacial score (nSPS) is 11.9. The first kappa shape index (κ1) is 29.3. The summed E-state index contributed by atoms with van der Waals surface area (Å²) in [6, 6.07) is 13.5. The van der Waals surface area contributed by atoms with Crippen molar-refractivity contribution < 1.29 is 25.6 Å². The van der Waals surface area contributed by atoms with Crippen LogP contribution in [0.3, 0.4) is 0 Å². The van der Waals surface area contributed by atoms with Crippen LogP contribution >= 0.6 is 22.9 Å². The summed E-state index contributed by atoms with van der Waals surface area (Å²) < 4.78 is 69.7. The second-order valence-corrected chi connectivity index (χ2v) is 14.2. The molecule has 0 aliphatic heterocycles. The Morgan fingerprint density at radius 1 is 0.786 bits per heavy atom. The molecular formula is C26H18ClFN4O7S3. The highest BCUT2D eigenvalue weighted by molar-refractivity contribution is 7.93. The smallest absolute Gasteiger partial charge is 0.264 e. The molecule has 0 amide bonds. The van der Waals surface area contributed by atoms with Crippen molar-refractivity contribution in [2.24, 2.45) is 0 Å². The monoisotopic (exact) mass is 648 g/mol. The van der Waals surface area contributed by atoms with Crippen LogP contribution in [0.5, 0.6) is 0 Å². The summed E-state index contributed by atoms with van der Waals surface area (Å²) in [6.45, 7) is 3.25. The number of sulfone groups is 2. The molecule has 0 radical (unpaired) electrons. The summed E-state index contributed by atoms with van der Waals surface area (Å²) in [5.41, 5.74) is 0.214. The number of hydrogen-bond donors (Lipinski definition) is 2. The number of aryl methyl sites for hydroxylation is 2. The zero-order chi connectivity index (χ0) is 30.4. The van der Waals surface area contributed by atoms with Crippen molar-refractivity contribution in [2.45, 2.75) is 33.2 Å². The Labute approximate surface area is 245 Å². The molecule has 0 aliphatic carbocycles. The Morgan fingerprint density at radius 3 is 2.00 bits per heavy atom. The van der Waals surface area contributed by atoms with Gasteiger partial charge in [-0.1, -0.05) is 11.6 Å². The first-order chi connectivity index (χ1) is 19.8. The molecule has 0 aliphatic rings. The van der Waals surface area contributed by atoms with Crippen LogP contribution in [0.15, 0.2) is 94.0 Å². The van der Waals surface area contributed by atoms with Crippen molar-refractivity contribution in [1.29, 1.82) is 0 Å². The fourth-order valence-electron chi connectivity index (χ4n) is 4.01. The summed E-state index contributed by atoms with van der Waals surface area (Å²) >= 11 is 7.11. The van der Waals surface area contributed by atoms with Crippen molar-refractivity contribution in [3.05, 3.63) is 103 Å². The average Bonchev–Trinajstić information content (AvgIpc) is 3.46.